The fourth-order valence-corrected chi connectivity index (χ4v) is 2.72. The number of rotatable bonds is 1. The van der Waals surface area contributed by atoms with Crippen LogP contribution in [-0.2, 0) is 13.0 Å². The Hall–Kier alpha value is -1.07. The minimum Gasteiger partial charge on any atom is -0.382 e. The zero-order valence-electron chi connectivity index (χ0n) is 9.98. The van der Waals surface area contributed by atoms with Crippen molar-refractivity contribution < 1.29 is 0 Å². The van der Waals surface area contributed by atoms with Crippen LogP contribution < -0.4 is 5.73 Å². The maximum Gasteiger partial charge on any atom is 0.149 e. The first-order chi connectivity index (χ1) is 7.65. The lowest BCUT2D eigenvalue weighted by molar-refractivity contribution is 0.124. The van der Waals surface area contributed by atoms with Gasteiger partial charge in [0.25, 0.3) is 0 Å². The van der Waals surface area contributed by atoms with Crippen LogP contribution in [0, 0.1) is 0 Å². The highest BCUT2D eigenvalue weighted by atomic mass is 15.4. The van der Waals surface area contributed by atoms with E-state index in [4.69, 9.17) is 5.73 Å². The largest absolute Gasteiger partial charge is 0.382 e. The first kappa shape index (κ1) is 10.1. The summed E-state index contributed by atoms with van der Waals surface area (Å²) in [6, 6.07) is 0.530. The number of nitrogens with zero attached hydrogens (tertiary/aromatic N) is 4. The quantitative estimate of drug-likeness (QED) is 0.722. The molecule has 3 heterocycles. The number of fused-ring (bicyclic) bond motifs is 1. The molecular weight excluding hydrogens is 202 g/mol. The van der Waals surface area contributed by atoms with Crippen LogP contribution in [-0.4, -0.2) is 53.3 Å². The molecule has 88 valence electrons. The van der Waals surface area contributed by atoms with Crippen molar-refractivity contribution in [2.75, 3.05) is 39.5 Å². The molecule has 0 radical (unpaired) electrons. The summed E-state index contributed by atoms with van der Waals surface area (Å²) in [4.78, 5) is 4.64. The summed E-state index contributed by atoms with van der Waals surface area (Å²) < 4.78 is 2.17. The molecule has 0 aromatic carbocycles. The number of nitrogen functional groups attached to an aromatic ring is 1. The van der Waals surface area contributed by atoms with Gasteiger partial charge in [-0.2, -0.15) is 5.10 Å². The van der Waals surface area contributed by atoms with Gasteiger partial charge in [0.05, 0.1) is 11.7 Å². The van der Waals surface area contributed by atoms with Gasteiger partial charge in [0.1, 0.15) is 5.82 Å². The Labute approximate surface area is 95.8 Å². The first-order valence-electron chi connectivity index (χ1n) is 5.88. The molecule has 0 atom stereocenters. The summed E-state index contributed by atoms with van der Waals surface area (Å²) in [5.74, 6) is 0.748. The van der Waals surface area contributed by atoms with E-state index in [9.17, 15) is 0 Å². The zero-order chi connectivity index (χ0) is 11.3. The second-order valence-electron chi connectivity index (χ2n) is 5.12. The summed E-state index contributed by atoms with van der Waals surface area (Å²) in [5, 5.41) is 4.52. The summed E-state index contributed by atoms with van der Waals surface area (Å²) in [5.41, 5.74) is 8.62. The van der Waals surface area contributed by atoms with Crippen molar-refractivity contribution in [1.82, 2.24) is 19.6 Å². The molecule has 2 aliphatic rings. The zero-order valence-corrected chi connectivity index (χ0v) is 9.98. The monoisotopic (exact) mass is 221 g/mol. The van der Waals surface area contributed by atoms with E-state index in [2.05, 4.69) is 33.7 Å². The van der Waals surface area contributed by atoms with Gasteiger partial charge in [-0.05, 0) is 20.5 Å². The van der Waals surface area contributed by atoms with Gasteiger partial charge in [0.2, 0.25) is 0 Å². The number of hydrogen-bond acceptors (Lipinski definition) is 4. The molecule has 3 rings (SSSR count). The third-order valence-corrected chi connectivity index (χ3v) is 3.70. The van der Waals surface area contributed by atoms with Crippen LogP contribution in [0.5, 0.6) is 0 Å². The van der Waals surface area contributed by atoms with Crippen molar-refractivity contribution in [1.29, 1.82) is 0 Å². The molecule has 1 aromatic heterocycles. The Kier molecular flexibility index (Phi) is 2.19. The Morgan fingerprint density at radius 3 is 2.69 bits per heavy atom. The van der Waals surface area contributed by atoms with Crippen LogP contribution in [0.25, 0.3) is 0 Å². The van der Waals surface area contributed by atoms with Crippen LogP contribution in [0.4, 0.5) is 5.82 Å². The summed E-state index contributed by atoms with van der Waals surface area (Å²) in [7, 11) is 4.30. The molecule has 0 spiro atoms. The lowest BCUT2D eigenvalue weighted by atomic mass is 10.1. The second kappa shape index (κ2) is 3.46. The molecule has 0 bridgehead atoms. The average molecular weight is 221 g/mol. The maximum absolute atomic E-state index is 5.99. The lowest BCUT2D eigenvalue weighted by Gasteiger charge is -2.37. The van der Waals surface area contributed by atoms with Crippen molar-refractivity contribution in [2.24, 2.45) is 0 Å². The van der Waals surface area contributed by atoms with E-state index < -0.39 is 0 Å². The van der Waals surface area contributed by atoms with Gasteiger partial charge in [-0.15, -0.1) is 0 Å². The number of nitrogens with two attached hydrogens (primary N) is 1. The highest BCUT2D eigenvalue weighted by Crippen LogP contribution is 2.29. The number of likely N-dealkylation sites (tertiary alicyclic amines) is 1. The van der Waals surface area contributed by atoms with E-state index in [0.717, 1.165) is 38.4 Å². The van der Waals surface area contributed by atoms with E-state index >= 15 is 0 Å². The van der Waals surface area contributed by atoms with Crippen molar-refractivity contribution in [3.05, 3.63) is 11.3 Å². The van der Waals surface area contributed by atoms with Gasteiger partial charge in [0, 0.05) is 31.7 Å². The number of aromatic nitrogens is 2. The number of anilines is 1. The number of likely N-dealkylation sites (N-methyl/N-ethyl adjacent to an activating group) is 2. The van der Waals surface area contributed by atoms with Crippen molar-refractivity contribution in [3.8, 4) is 0 Å². The predicted octanol–water partition coefficient (Wildman–Crippen LogP) is -0.0603. The predicted molar refractivity (Wildman–Crippen MR) is 63.2 cm³/mol. The van der Waals surface area contributed by atoms with Gasteiger partial charge >= 0.3 is 0 Å². The van der Waals surface area contributed by atoms with Crippen LogP contribution in [0.15, 0.2) is 0 Å². The van der Waals surface area contributed by atoms with E-state index in [-0.39, 0.29) is 0 Å². The van der Waals surface area contributed by atoms with Gasteiger partial charge in [-0.25, -0.2) is 0 Å². The van der Waals surface area contributed by atoms with Gasteiger partial charge in [-0.1, -0.05) is 0 Å². The molecule has 2 N–H and O–H groups in total. The molecule has 0 amide bonds. The van der Waals surface area contributed by atoms with E-state index in [0.29, 0.717) is 6.04 Å². The Morgan fingerprint density at radius 1 is 1.25 bits per heavy atom. The van der Waals surface area contributed by atoms with Gasteiger partial charge in [0.15, 0.2) is 0 Å². The van der Waals surface area contributed by atoms with Crippen LogP contribution in [0.1, 0.15) is 17.3 Å². The molecule has 5 nitrogen and oxygen atoms in total. The molecule has 0 saturated carbocycles. The van der Waals surface area contributed by atoms with E-state index in [1.165, 1.54) is 11.3 Å². The summed E-state index contributed by atoms with van der Waals surface area (Å²) >= 11 is 0. The van der Waals surface area contributed by atoms with Crippen LogP contribution >= 0.6 is 0 Å². The normalized spacial score (nSPS) is 23.1. The molecule has 1 aromatic rings. The molecule has 1 fully saturated rings. The van der Waals surface area contributed by atoms with E-state index in [1.807, 2.05) is 0 Å². The van der Waals surface area contributed by atoms with Crippen molar-refractivity contribution in [2.45, 2.75) is 19.0 Å². The van der Waals surface area contributed by atoms with Gasteiger partial charge in [-0.3, -0.25) is 4.68 Å². The topological polar surface area (TPSA) is 50.3 Å². The SMILES string of the molecule is CN1CCc2c(N)nn(C3CN(C)C3)c2C1. The second-order valence-corrected chi connectivity index (χ2v) is 5.12. The summed E-state index contributed by atoms with van der Waals surface area (Å²) in [6.07, 6.45) is 1.04. The number of hydrogen-bond donors (Lipinski definition) is 1. The molecule has 1 saturated heterocycles. The van der Waals surface area contributed by atoms with Gasteiger partial charge < -0.3 is 15.5 Å². The lowest BCUT2D eigenvalue weighted by Crippen LogP contribution is -2.46. The average Bonchev–Trinajstić information content (AvgIpc) is 2.51. The third kappa shape index (κ3) is 1.43. The molecule has 5 heteroatoms. The Bertz CT molecular complexity index is 405. The molecule has 0 aliphatic carbocycles. The molecule has 16 heavy (non-hydrogen) atoms. The molecular formula is C11H19N5. The minimum atomic E-state index is 0.530. The first-order valence-corrected chi connectivity index (χ1v) is 5.88. The fraction of sp³-hybridized carbons (Fsp3) is 0.727. The van der Waals surface area contributed by atoms with Crippen LogP contribution in [0.2, 0.25) is 0 Å². The van der Waals surface area contributed by atoms with Crippen molar-refractivity contribution in [3.63, 3.8) is 0 Å². The Balaban J connectivity index is 1.94. The highest BCUT2D eigenvalue weighted by molar-refractivity contribution is 5.44. The standard InChI is InChI=1S/C11H19N5/c1-14-4-3-9-10(7-14)16(13-11(9)12)8-5-15(2)6-8/h8H,3-7H2,1-2H3,(H2,12,13). The molecule has 2 aliphatic heterocycles. The van der Waals surface area contributed by atoms with E-state index in [1.54, 1.807) is 0 Å². The third-order valence-electron chi connectivity index (χ3n) is 3.70. The minimum absolute atomic E-state index is 0.530. The highest BCUT2D eigenvalue weighted by Gasteiger charge is 2.31. The van der Waals surface area contributed by atoms with Crippen molar-refractivity contribution >= 4 is 5.82 Å². The smallest absolute Gasteiger partial charge is 0.149 e. The molecule has 0 unspecified atom stereocenters. The maximum atomic E-state index is 5.99. The fourth-order valence-electron chi connectivity index (χ4n) is 2.72. The Morgan fingerprint density at radius 2 is 2.00 bits per heavy atom. The summed E-state index contributed by atoms with van der Waals surface area (Å²) in [6.45, 7) is 4.27. The van der Waals surface area contributed by atoms with Crippen LogP contribution in [0.3, 0.4) is 0 Å².